The molecular weight excluding hydrogens is 1110 g/mol. The fraction of sp³-hybridized carbons (Fsp3) is 0.571. The largest absolute Gasteiger partial charge is 0.469 e. The minimum Gasteiger partial charge on any atom is -0.469 e. The molecule has 4 fully saturated rings. The molecular formula is C63H92N6O11S3. The highest BCUT2D eigenvalue weighted by atomic mass is 32.2. The van der Waals surface area contributed by atoms with Gasteiger partial charge in [0.05, 0.1) is 41.2 Å². The van der Waals surface area contributed by atoms with Crippen molar-refractivity contribution >= 4 is 47.8 Å². The summed E-state index contributed by atoms with van der Waals surface area (Å²) in [6.07, 6.45) is 10.9. The second-order valence-electron chi connectivity index (χ2n) is 22.6. The van der Waals surface area contributed by atoms with Crippen LogP contribution in [-0.2, 0) is 49.1 Å². The molecule has 1 saturated carbocycles. The highest BCUT2D eigenvalue weighted by molar-refractivity contribution is 7.89. The lowest BCUT2D eigenvalue weighted by atomic mass is 9.92. The van der Waals surface area contributed by atoms with Gasteiger partial charge in [0.25, 0.3) is 0 Å². The van der Waals surface area contributed by atoms with E-state index in [1.807, 2.05) is 76.2 Å². The fourth-order valence-corrected chi connectivity index (χ4v) is 15.7. The van der Waals surface area contributed by atoms with Crippen molar-refractivity contribution in [2.75, 3.05) is 85.7 Å². The van der Waals surface area contributed by atoms with E-state index in [0.717, 1.165) is 73.9 Å². The summed E-state index contributed by atoms with van der Waals surface area (Å²) in [7, 11) is -9.31. The SMILES string of the molecule is CCCCN1CCN(S(=O)(=O)c2ccc(C)cc2)CC1CC(=O)OC.CCCCN1CCN(S(=O)(=O)c2ccc(C)cc2)CC1CC(=O)c1ccc(C)cc1.CCOC(=O)CC1CN(S(=O)(=O)c2ccc(C)cc2)CCN1C1CCCCC1. The molecule has 3 atom stereocenters. The summed E-state index contributed by atoms with van der Waals surface area (Å²) < 4.78 is 93.0. The zero-order valence-electron chi connectivity index (χ0n) is 50.4. The van der Waals surface area contributed by atoms with Crippen LogP contribution in [0.1, 0.15) is 130 Å². The second-order valence-corrected chi connectivity index (χ2v) is 28.4. The lowest BCUT2D eigenvalue weighted by molar-refractivity contribution is -0.145. The quantitative estimate of drug-likeness (QED) is 0.0567. The van der Waals surface area contributed by atoms with Crippen LogP contribution in [0.5, 0.6) is 0 Å². The van der Waals surface area contributed by atoms with E-state index in [1.54, 1.807) is 64.1 Å². The van der Waals surface area contributed by atoms with Gasteiger partial charge >= 0.3 is 11.9 Å². The number of hydrogen-bond donors (Lipinski definition) is 0. The van der Waals surface area contributed by atoms with E-state index in [2.05, 4.69) is 28.5 Å². The minimum atomic E-state index is -3.57. The molecule has 8 rings (SSSR count). The molecule has 17 nitrogen and oxygen atoms in total. The molecule has 0 spiro atoms. The summed E-state index contributed by atoms with van der Waals surface area (Å²) >= 11 is 0. The normalized spacial score (nSPS) is 20.3. The van der Waals surface area contributed by atoms with Crippen molar-refractivity contribution in [2.45, 2.75) is 164 Å². The number of hydrogen-bond acceptors (Lipinski definition) is 14. The topological polar surface area (TPSA) is 192 Å². The molecule has 3 heterocycles. The molecule has 0 aromatic heterocycles. The van der Waals surface area contributed by atoms with Gasteiger partial charge in [0.15, 0.2) is 5.78 Å². The van der Waals surface area contributed by atoms with Crippen molar-refractivity contribution in [3.05, 3.63) is 125 Å². The van der Waals surface area contributed by atoms with Crippen molar-refractivity contribution < 1.29 is 49.1 Å². The number of nitrogens with zero attached hydrogens (tertiary/aromatic N) is 6. The maximum absolute atomic E-state index is 13.2. The molecule has 0 amide bonds. The third kappa shape index (κ3) is 19.0. The minimum absolute atomic E-state index is 0.0658. The average molecular weight is 1210 g/mol. The first kappa shape index (κ1) is 67.2. The first-order chi connectivity index (χ1) is 39.6. The molecule has 83 heavy (non-hydrogen) atoms. The number of sulfonamides is 3. The first-order valence-corrected chi connectivity index (χ1v) is 34.2. The standard InChI is InChI=1S/C24H32N2O3S.C21H32N2O4S.C18H28N2O4S/c1-4-5-14-25-15-16-26(30(28,29)23-12-8-20(3)9-13-23)18-22(25)17-24(27)21-10-6-19(2)7-11-21;1-3-27-21(24)15-19-16-22(13-14-23(19)18-7-5-4-6-8-18)28(25,26)20-11-9-17(2)10-12-20;1-4-5-10-19-11-12-20(14-16(19)13-18(21)24-3)25(22,23)17-8-6-15(2)7-9-17/h6-13,22H,4-5,14-18H2,1-3H3;9-12,18-19H,3-8,13-16H2,1-2H3;6-9,16H,4-5,10-14H2,1-3H3. The van der Waals surface area contributed by atoms with Gasteiger partial charge in [-0.2, -0.15) is 12.9 Å². The van der Waals surface area contributed by atoms with Crippen LogP contribution in [-0.4, -0.2) is 180 Å². The van der Waals surface area contributed by atoms with Gasteiger partial charge in [-0.3, -0.25) is 29.1 Å². The number of esters is 2. The van der Waals surface area contributed by atoms with Crippen LogP contribution in [0.3, 0.4) is 0 Å². The molecule has 3 unspecified atom stereocenters. The number of piperazine rings is 3. The van der Waals surface area contributed by atoms with E-state index >= 15 is 0 Å². The Kier molecular flexibility index (Phi) is 25.9. The molecule has 4 aromatic rings. The Morgan fingerprint density at radius 3 is 1.24 bits per heavy atom. The zero-order chi connectivity index (χ0) is 60.3. The third-order valence-electron chi connectivity index (χ3n) is 16.4. The number of aryl methyl sites for hydroxylation is 4. The molecule has 3 saturated heterocycles. The van der Waals surface area contributed by atoms with Gasteiger partial charge in [0.2, 0.25) is 30.1 Å². The van der Waals surface area contributed by atoms with Gasteiger partial charge in [0.1, 0.15) is 0 Å². The Morgan fingerprint density at radius 1 is 0.470 bits per heavy atom. The zero-order valence-corrected chi connectivity index (χ0v) is 52.9. The number of ketones is 1. The Morgan fingerprint density at radius 2 is 0.843 bits per heavy atom. The van der Waals surface area contributed by atoms with Gasteiger partial charge < -0.3 is 9.47 Å². The Bertz CT molecular complexity index is 3030. The van der Waals surface area contributed by atoms with E-state index in [4.69, 9.17) is 9.47 Å². The summed E-state index contributed by atoms with van der Waals surface area (Å²) in [6.45, 7) is 20.3. The number of rotatable bonds is 21. The van der Waals surface area contributed by atoms with Crippen molar-refractivity contribution in [1.29, 1.82) is 0 Å². The average Bonchev–Trinajstić information content (AvgIpc) is 3.63. The van der Waals surface area contributed by atoms with E-state index in [9.17, 15) is 39.6 Å². The van der Waals surface area contributed by atoms with Crippen LogP contribution in [0.2, 0.25) is 0 Å². The number of carbonyl (C=O) groups excluding carboxylic acids is 3. The van der Waals surface area contributed by atoms with Crippen LogP contribution in [0.25, 0.3) is 0 Å². The number of Topliss-reactive ketones (excluding diaryl/α,β-unsaturated/α-hetero) is 1. The van der Waals surface area contributed by atoms with E-state index < -0.39 is 30.1 Å². The molecule has 0 bridgehead atoms. The third-order valence-corrected chi connectivity index (χ3v) is 22.0. The molecule has 20 heteroatoms. The van der Waals surface area contributed by atoms with Gasteiger partial charge in [-0.25, -0.2) is 25.3 Å². The molecule has 4 aliphatic rings. The Hall–Kier alpha value is -4.90. The van der Waals surface area contributed by atoms with Crippen molar-refractivity contribution in [2.24, 2.45) is 0 Å². The van der Waals surface area contributed by atoms with Crippen molar-refractivity contribution in [1.82, 2.24) is 27.6 Å². The number of carbonyl (C=O) groups is 3. The molecule has 1 aliphatic carbocycles. The van der Waals surface area contributed by atoms with Gasteiger partial charge in [-0.1, -0.05) is 129 Å². The Balaban J connectivity index is 0.000000201. The fourth-order valence-electron chi connectivity index (χ4n) is 11.3. The molecule has 0 radical (unpaired) electrons. The Labute approximate surface area is 496 Å². The maximum Gasteiger partial charge on any atom is 0.307 e. The smallest absolute Gasteiger partial charge is 0.307 e. The summed E-state index contributed by atoms with van der Waals surface area (Å²) in [4.78, 5) is 44.7. The van der Waals surface area contributed by atoms with Crippen LogP contribution in [0, 0.1) is 27.7 Å². The van der Waals surface area contributed by atoms with Crippen LogP contribution in [0.15, 0.2) is 112 Å². The van der Waals surface area contributed by atoms with Gasteiger partial charge in [-0.05, 0) is 110 Å². The molecule has 458 valence electrons. The van der Waals surface area contributed by atoms with Gasteiger partial charge in [-0.15, -0.1) is 0 Å². The highest BCUT2D eigenvalue weighted by Gasteiger charge is 2.40. The van der Waals surface area contributed by atoms with Crippen molar-refractivity contribution in [3.8, 4) is 0 Å². The van der Waals surface area contributed by atoms with Crippen LogP contribution >= 0.6 is 0 Å². The summed E-state index contributed by atoms with van der Waals surface area (Å²) in [6, 6.07) is 28.5. The van der Waals surface area contributed by atoms with Crippen LogP contribution < -0.4 is 0 Å². The number of unbranched alkanes of at least 4 members (excludes halogenated alkanes) is 2. The second kappa shape index (κ2) is 32.0. The molecule has 3 aliphatic heterocycles. The van der Waals surface area contributed by atoms with Crippen LogP contribution in [0.4, 0.5) is 0 Å². The number of ether oxygens (including phenoxy) is 2. The van der Waals surface area contributed by atoms with E-state index in [1.165, 1.54) is 30.7 Å². The monoisotopic (exact) mass is 1200 g/mol. The molecule has 0 N–H and O–H groups in total. The maximum atomic E-state index is 13.2. The van der Waals surface area contributed by atoms with E-state index in [-0.39, 0.29) is 48.7 Å². The lowest BCUT2D eigenvalue weighted by Crippen LogP contribution is -2.58. The first-order valence-electron chi connectivity index (χ1n) is 29.9. The number of benzene rings is 4. The van der Waals surface area contributed by atoms with Crippen molar-refractivity contribution in [3.63, 3.8) is 0 Å². The van der Waals surface area contributed by atoms with E-state index in [0.29, 0.717) is 98.2 Å². The number of methoxy groups -OCH3 is 1. The highest BCUT2D eigenvalue weighted by Crippen LogP contribution is 2.30. The summed E-state index contributed by atoms with van der Waals surface area (Å²) in [5, 5.41) is 0. The predicted octanol–water partition coefficient (Wildman–Crippen LogP) is 9.04. The summed E-state index contributed by atoms with van der Waals surface area (Å²) in [5.74, 6) is -0.486. The van der Waals surface area contributed by atoms with Gasteiger partial charge in [0, 0.05) is 95.1 Å². The lowest BCUT2D eigenvalue weighted by Gasteiger charge is -2.45. The molecule has 4 aromatic carbocycles. The predicted molar refractivity (Wildman–Crippen MR) is 326 cm³/mol. The summed E-state index contributed by atoms with van der Waals surface area (Å²) in [5.41, 5.74) is 4.88.